The Balaban J connectivity index is 2.22. The first-order valence-electron chi connectivity index (χ1n) is 5.85. The highest BCUT2D eigenvalue weighted by atomic mass is 19.1. The van der Waals surface area contributed by atoms with Crippen LogP contribution in [0, 0.1) is 5.82 Å². The Bertz CT molecular complexity index is 703. The molecule has 2 N–H and O–H groups in total. The number of ether oxygens (including phenoxy) is 1. The Kier molecular flexibility index (Phi) is 4.13. The number of pyridine rings is 1. The Morgan fingerprint density at radius 1 is 1.24 bits per heavy atom. The van der Waals surface area contributed by atoms with Gasteiger partial charge in [0.25, 0.3) is 5.91 Å². The zero-order valence-corrected chi connectivity index (χ0v) is 11.0. The molecule has 0 saturated heterocycles. The molecule has 0 fully saturated rings. The normalized spacial score (nSPS) is 10.0. The van der Waals surface area contributed by atoms with Crippen LogP contribution < -0.4 is 10.1 Å². The maximum atomic E-state index is 13.3. The highest BCUT2D eigenvalue weighted by Crippen LogP contribution is 2.19. The first kappa shape index (κ1) is 14.4. The van der Waals surface area contributed by atoms with Crippen LogP contribution in [0.2, 0.25) is 0 Å². The number of carbonyl (C=O) groups is 2. The lowest BCUT2D eigenvalue weighted by Gasteiger charge is -2.07. The van der Waals surface area contributed by atoms with E-state index < -0.39 is 17.7 Å². The predicted molar refractivity (Wildman–Crippen MR) is 72.1 cm³/mol. The molecule has 6 nitrogen and oxygen atoms in total. The number of rotatable bonds is 4. The number of hydrogen-bond donors (Lipinski definition) is 2. The number of anilines is 1. The summed E-state index contributed by atoms with van der Waals surface area (Å²) in [4.78, 5) is 26.7. The van der Waals surface area contributed by atoms with Crippen molar-refractivity contribution in [1.29, 1.82) is 0 Å². The van der Waals surface area contributed by atoms with Crippen LogP contribution in [-0.2, 0) is 0 Å². The first-order valence-corrected chi connectivity index (χ1v) is 5.85. The lowest BCUT2D eigenvalue weighted by atomic mass is 10.2. The molecule has 0 bridgehead atoms. The van der Waals surface area contributed by atoms with E-state index in [-0.39, 0.29) is 22.7 Å². The van der Waals surface area contributed by atoms with Gasteiger partial charge in [0.1, 0.15) is 5.82 Å². The molecule has 108 valence electrons. The number of benzene rings is 1. The van der Waals surface area contributed by atoms with Crippen molar-refractivity contribution in [3.63, 3.8) is 0 Å². The standard InChI is InChI=1S/C14H11FN2O4/c1-21-11-6-8(2-3-10(11)15)13(18)17-12-7-9(14(19)20)4-5-16-12/h2-7H,1H3,(H,19,20)(H,16,17,18). The average molecular weight is 290 g/mol. The highest BCUT2D eigenvalue weighted by Gasteiger charge is 2.12. The van der Waals surface area contributed by atoms with Crippen LogP contribution in [0.25, 0.3) is 0 Å². The van der Waals surface area contributed by atoms with E-state index in [9.17, 15) is 14.0 Å². The lowest BCUT2D eigenvalue weighted by Crippen LogP contribution is -2.13. The molecule has 0 radical (unpaired) electrons. The van der Waals surface area contributed by atoms with Gasteiger partial charge in [-0.2, -0.15) is 0 Å². The van der Waals surface area contributed by atoms with Crippen molar-refractivity contribution in [1.82, 2.24) is 4.98 Å². The van der Waals surface area contributed by atoms with Crippen molar-refractivity contribution in [2.45, 2.75) is 0 Å². The van der Waals surface area contributed by atoms with Gasteiger partial charge in [0.2, 0.25) is 0 Å². The largest absolute Gasteiger partial charge is 0.494 e. The Hall–Kier alpha value is -2.96. The fourth-order valence-electron chi connectivity index (χ4n) is 1.62. The van der Waals surface area contributed by atoms with Crippen molar-refractivity contribution in [2.75, 3.05) is 12.4 Å². The van der Waals surface area contributed by atoms with Crippen LogP contribution in [0.5, 0.6) is 5.75 Å². The molecule has 2 aromatic rings. The van der Waals surface area contributed by atoms with Gasteiger partial charge in [-0.3, -0.25) is 4.79 Å². The van der Waals surface area contributed by atoms with Crippen LogP contribution >= 0.6 is 0 Å². The monoisotopic (exact) mass is 290 g/mol. The molecule has 0 aliphatic rings. The lowest BCUT2D eigenvalue weighted by molar-refractivity contribution is 0.0696. The van der Waals surface area contributed by atoms with Crippen molar-refractivity contribution in [3.05, 3.63) is 53.5 Å². The van der Waals surface area contributed by atoms with Crippen molar-refractivity contribution in [2.24, 2.45) is 0 Å². The number of nitrogens with one attached hydrogen (secondary N) is 1. The molecule has 21 heavy (non-hydrogen) atoms. The fourth-order valence-corrected chi connectivity index (χ4v) is 1.62. The van der Waals surface area contributed by atoms with Gasteiger partial charge in [0.15, 0.2) is 11.6 Å². The molecule has 1 aromatic heterocycles. The van der Waals surface area contributed by atoms with Gasteiger partial charge in [-0.15, -0.1) is 0 Å². The van der Waals surface area contributed by atoms with E-state index in [1.165, 1.54) is 37.6 Å². The summed E-state index contributed by atoms with van der Waals surface area (Å²) < 4.78 is 18.1. The number of halogens is 1. The predicted octanol–water partition coefficient (Wildman–Crippen LogP) is 2.18. The Labute approximate surface area is 119 Å². The summed E-state index contributed by atoms with van der Waals surface area (Å²) in [6, 6.07) is 6.16. The summed E-state index contributed by atoms with van der Waals surface area (Å²) in [5, 5.41) is 11.3. The number of aromatic carboxylic acids is 1. The summed E-state index contributed by atoms with van der Waals surface area (Å²) in [5.41, 5.74) is 0.160. The minimum absolute atomic E-state index is 0.00279. The maximum Gasteiger partial charge on any atom is 0.335 e. The van der Waals surface area contributed by atoms with Gasteiger partial charge in [0.05, 0.1) is 12.7 Å². The first-order chi connectivity index (χ1) is 10.0. The highest BCUT2D eigenvalue weighted by molar-refractivity contribution is 6.04. The number of amides is 1. The quantitative estimate of drug-likeness (QED) is 0.901. The van der Waals surface area contributed by atoms with Crippen molar-refractivity contribution in [3.8, 4) is 5.75 Å². The maximum absolute atomic E-state index is 13.3. The smallest absolute Gasteiger partial charge is 0.335 e. The van der Waals surface area contributed by atoms with Gasteiger partial charge in [-0.05, 0) is 30.3 Å². The fraction of sp³-hybridized carbons (Fsp3) is 0.0714. The summed E-state index contributed by atoms with van der Waals surface area (Å²) >= 11 is 0. The Morgan fingerprint density at radius 2 is 2.00 bits per heavy atom. The van der Waals surface area contributed by atoms with Gasteiger partial charge < -0.3 is 15.2 Å². The zero-order chi connectivity index (χ0) is 15.4. The number of aromatic nitrogens is 1. The number of methoxy groups -OCH3 is 1. The third-order valence-electron chi connectivity index (χ3n) is 2.66. The number of carbonyl (C=O) groups excluding carboxylic acids is 1. The third-order valence-corrected chi connectivity index (χ3v) is 2.66. The second-order valence-electron chi connectivity index (χ2n) is 4.04. The van der Waals surface area contributed by atoms with Crippen LogP contribution in [0.1, 0.15) is 20.7 Å². The molecular weight excluding hydrogens is 279 g/mol. The summed E-state index contributed by atoms with van der Waals surface area (Å²) in [7, 11) is 1.29. The zero-order valence-electron chi connectivity index (χ0n) is 11.0. The van der Waals surface area contributed by atoms with Crippen LogP contribution in [-0.4, -0.2) is 29.1 Å². The van der Waals surface area contributed by atoms with Crippen LogP contribution in [0.4, 0.5) is 10.2 Å². The van der Waals surface area contributed by atoms with E-state index in [2.05, 4.69) is 10.3 Å². The second-order valence-corrected chi connectivity index (χ2v) is 4.04. The molecule has 7 heteroatoms. The van der Waals surface area contributed by atoms with E-state index in [0.29, 0.717) is 0 Å². The van der Waals surface area contributed by atoms with Crippen molar-refractivity contribution < 1.29 is 23.8 Å². The topological polar surface area (TPSA) is 88.5 Å². The molecule has 0 saturated carbocycles. The van der Waals surface area contributed by atoms with E-state index in [4.69, 9.17) is 9.84 Å². The average Bonchev–Trinajstić information content (AvgIpc) is 2.47. The molecule has 0 atom stereocenters. The van der Waals surface area contributed by atoms with Crippen molar-refractivity contribution >= 4 is 17.7 Å². The summed E-state index contributed by atoms with van der Waals surface area (Å²) in [5.74, 6) is -2.24. The minimum atomic E-state index is -1.13. The van der Waals surface area contributed by atoms with E-state index in [1.54, 1.807) is 0 Å². The molecular formula is C14H11FN2O4. The van der Waals surface area contributed by atoms with E-state index >= 15 is 0 Å². The van der Waals surface area contributed by atoms with E-state index in [0.717, 1.165) is 6.07 Å². The summed E-state index contributed by atoms with van der Waals surface area (Å²) in [6.45, 7) is 0. The number of hydrogen-bond acceptors (Lipinski definition) is 4. The SMILES string of the molecule is COc1cc(C(=O)Nc2cc(C(=O)O)ccn2)ccc1F. The second kappa shape index (κ2) is 6.00. The number of nitrogens with zero attached hydrogens (tertiary/aromatic N) is 1. The number of carboxylic acid groups (broad SMARTS) is 1. The third kappa shape index (κ3) is 3.33. The van der Waals surface area contributed by atoms with Gasteiger partial charge in [-0.1, -0.05) is 0 Å². The molecule has 1 aromatic carbocycles. The molecule has 0 aliphatic heterocycles. The molecule has 2 rings (SSSR count). The molecule has 0 aliphatic carbocycles. The molecule has 0 spiro atoms. The van der Waals surface area contributed by atoms with Crippen LogP contribution in [0.3, 0.4) is 0 Å². The molecule has 0 unspecified atom stereocenters. The Morgan fingerprint density at radius 3 is 2.67 bits per heavy atom. The number of carboxylic acids is 1. The van der Waals surface area contributed by atoms with Gasteiger partial charge in [0, 0.05) is 11.8 Å². The summed E-state index contributed by atoms with van der Waals surface area (Å²) in [6.07, 6.45) is 1.27. The van der Waals surface area contributed by atoms with Gasteiger partial charge >= 0.3 is 5.97 Å². The van der Waals surface area contributed by atoms with Gasteiger partial charge in [-0.25, -0.2) is 14.2 Å². The minimum Gasteiger partial charge on any atom is -0.494 e. The molecule has 1 amide bonds. The van der Waals surface area contributed by atoms with E-state index in [1.807, 2.05) is 0 Å². The molecule has 1 heterocycles. The van der Waals surface area contributed by atoms with Crippen LogP contribution in [0.15, 0.2) is 36.5 Å².